The predicted molar refractivity (Wildman–Crippen MR) is 83.9 cm³/mol. The van der Waals surface area contributed by atoms with Crippen molar-refractivity contribution < 1.29 is 14.3 Å². The molecule has 0 fully saturated rings. The number of carbonyl (C=O) groups excluding carboxylic acids is 2. The Balaban J connectivity index is 2.82. The number of hydrogen-bond donors (Lipinski definition) is 0. The van der Waals surface area contributed by atoms with Gasteiger partial charge >= 0.3 is 5.97 Å². The molecule has 6 heteroatoms. The summed E-state index contributed by atoms with van der Waals surface area (Å²) >= 11 is 11.8. The standard InChI is InChI=1S/C15H19Cl2NO3/c1-4-21-14(19)7-8-18(10(2)3)15(20)11-5-6-12(16)13(17)9-11/h5-6,9-10H,4,7-8H2,1-3H3. The Labute approximate surface area is 135 Å². The minimum atomic E-state index is -0.315. The van der Waals surface area contributed by atoms with E-state index in [1.807, 2.05) is 13.8 Å². The van der Waals surface area contributed by atoms with Gasteiger partial charge in [-0.05, 0) is 39.0 Å². The largest absolute Gasteiger partial charge is 0.466 e. The number of rotatable bonds is 6. The van der Waals surface area contributed by atoms with Crippen LogP contribution in [0.3, 0.4) is 0 Å². The van der Waals surface area contributed by atoms with Crippen LogP contribution in [0, 0.1) is 0 Å². The summed E-state index contributed by atoms with van der Waals surface area (Å²) in [7, 11) is 0. The zero-order valence-electron chi connectivity index (χ0n) is 12.4. The minimum absolute atomic E-state index is 0.0404. The monoisotopic (exact) mass is 331 g/mol. The quantitative estimate of drug-likeness (QED) is 0.745. The lowest BCUT2D eigenvalue weighted by Crippen LogP contribution is -2.38. The molecule has 0 spiro atoms. The van der Waals surface area contributed by atoms with Crippen molar-refractivity contribution in [3.8, 4) is 0 Å². The zero-order chi connectivity index (χ0) is 16.0. The number of benzene rings is 1. The molecule has 0 radical (unpaired) electrons. The van der Waals surface area contributed by atoms with Gasteiger partial charge in [0.05, 0.1) is 23.1 Å². The summed E-state index contributed by atoms with van der Waals surface area (Å²) < 4.78 is 4.88. The summed E-state index contributed by atoms with van der Waals surface area (Å²) in [5, 5.41) is 0.729. The second-order valence-electron chi connectivity index (χ2n) is 4.78. The van der Waals surface area contributed by atoms with Crippen molar-refractivity contribution >= 4 is 35.1 Å². The molecule has 0 atom stereocenters. The number of amides is 1. The average Bonchev–Trinajstić information content (AvgIpc) is 2.41. The lowest BCUT2D eigenvalue weighted by atomic mass is 10.1. The van der Waals surface area contributed by atoms with Crippen molar-refractivity contribution in [1.29, 1.82) is 0 Å². The van der Waals surface area contributed by atoms with Crippen molar-refractivity contribution in [2.24, 2.45) is 0 Å². The lowest BCUT2D eigenvalue weighted by Gasteiger charge is -2.26. The van der Waals surface area contributed by atoms with Gasteiger partial charge in [0.15, 0.2) is 0 Å². The van der Waals surface area contributed by atoms with Crippen LogP contribution in [0.15, 0.2) is 18.2 Å². The first kappa shape index (κ1) is 17.8. The van der Waals surface area contributed by atoms with Gasteiger partial charge in [0.25, 0.3) is 5.91 Å². The third-order valence-electron chi connectivity index (χ3n) is 2.91. The second-order valence-corrected chi connectivity index (χ2v) is 5.59. The lowest BCUT2D eigenvalue weighted by molar-refractivity contribution is -0.143. The fourth-order valence-corrected chi connectivity index (χ4v) is 2.13. The Hall–Kier alpha value is -1.26. The molecule has 0 saturated heterocycles. The molecule has 1 aromatic carbocycles. The maximum atomic E-state index is 12.5. The molecule has 1 amide bonds. The average molecular weight is 332 g/mol. The van der Waals surface area contributed by atoms with Gasteiger partial charge in [-0.1, -0.05) is 23.2 Å². The van der Waals surface area contributed by atoms with Gasteiger partial charge in [0.2, 0.25) is 0 Å². The number of nitrogens with zero attached hydrogens (tertiary/aromatic N) is 1. The van der Waals surface area contributed by atoms with Gasteiger partial charge in [-0.25, -0.2) is 0 Å². The molecule has 1 rings (SSSR count). The van der Waals surface area contributed by atoms with Gasteiger partial charge in [-0.15, -0.1) is 0 Å². The number of esters is 1. The van der Waals surface area contributed by atoms with Crippen LogP contribution in [0.5, 0.6) is 0 Å². The third-order valence-corrected chi connectivity index (χ3v) is 3.65. The van der Waals surface area contributed by atoms with Crippen LogP contribution >= 0.6 is 23.2 Å². The minimum Gasteiger partial charge on any atom is -0.466 e. The molecular formula is C15H19Cl2NO3. The topological polar surface area (TPSA) is 46.6 Å². The number of halogens is 2. The second kappa shape index (κ2) is 8.25. The Kier molecular flexibility index (Phi) is 6.99. The molecule has 0 heterocycles. The first-order valence-electron chi connectivity index (χ1n) is 6.78. The molecule has 0 unspecified atom stereocenters. The fraction of sp³-hybridized carbons (Fsp3) is 0.467. The van der Waals surface area contributed by atoms with Crippen molar-refractivity contribution in [2.45, 2.75) is 33.2 Å². The molecule has 0 saturated carbocycles. The fourth-order valence-electron chi connectivity index (χ4n) is 1.83. The summed E-state index contributed by atoms with van der Waals surface area (Å²) in [6.45, 7) is 6.16. The maximum Gasteiger partial charge on any atom is 0.307 e. The number of ether oxygens (including phenoxy) is 1. The van der Waals surface area contributed by atoms with E-state index in [1.54, 1.807) is 24.0 Å². The SMILES string of the molecule is CCOC(=O)CCN(C(=O)c1ccc(Cl)c(Cl)c1)C(C)C. The van der Waals surface area contributed by atoms with E-state index in [0.717, 1.165) is 0 Å². The van der Waals surface area contributed by atoms with Crippen LogP contribution in [0.2, 0.25) is 10.0 Å². The molecule has 1 aromatic rings. The van der Waals surface area contributed by atoms with Crippen molar-refractivity contribution in [2.75, 3.05) is 13.2 Å². The first-order chi connectivity index (χ1) is 9.86. The molecule has 0 aliphatic heterocycles. The van der Waals surface area contributed by atoms with Crippen LogP contribution in [-0.2, 0) is 9.53 Å². The normalized spacial score (nSPS) is 10.6. The van der Waals surface area contributed by atoms with E-state index in [9.17, 15) is 9.59 Å². The van der Waals surface area contributed by atoms with Gasteiger partial charge in [-0.3, -0.25) is 9.59 Å². The molecule has 21 heavy (non-hydrogen) atoms. The zero-order valence-corrected chi connectivity index (χ0v) is 13.9. The van der Waals surface area contributed by atoms with Crippen LogP contribution < -0.4 is 0 Å². The van der Waals surface area contributed by atoms with Crippen LogP contribution in [0.4, 0.5) is 0 Å². The van der Waals surface area contributed by atoms with E-state index in [0.29, 0.717) is 28.8 Å². The van der Waals surface area contributed by atoms with Crippen LogP contribution in [-0.4, -0.2) is 36.0 Å². The molecule has 0 bridgehead atoms. The summed E-state index contributed by atoms with van der Waals surface area (Å²) in [6, 6.07) is 4.70. The Bertz CT molecular complexity index is 518. The van der Waals surface area contributed by atoms with Gasteiger partial charge in [0.1, 0.15) is 0 Å². The van der Waals surface area contributed by atoms with Gasteiger partial charge in [0, 0.05) is 18.2 Å². The van der Waals surface area contributed by atoms with Gasteiger partial charge < -0.3 is 9.64 Å². The highest BCUT2D eigenvalue weighted by Crippen LogP contribution is 2.23. The predicted octanol–water partition coefficient (Wildman–Crippen LogP) is 3.80. The van der Waals surface area contributed by atoms with Crippen molar-refractivity contribution in [1.82, 2.24) is 4.90 Å². The highest BCUT2D eigenvalue weighted by atomic mass is 35.5. The van der Waals surface area contributed by atoms with E-state index in [2.05, 4.69) is 0 Å². The summed E-state index contributed by atoms with van der Waals surface area (Å²) in [5.41, 5.74) is 0.446. The molecule has 0 aliphatic carbocycles. The van der Waals surface area contributed by atoms with E-state index in [4.69, 9.17) is 27.9 Å². The summed E-state index contributed by atoms with van der Waals surface area (Å²) in [6.07, 6.45) is 0.166. The van der Waals surface area contributed by atoms with E-state index in [-0.39, 0.29) is 24.3 Å². The molecule has 0 aromatic heterocycles. The van der Waals surface area contributed by atoms with Crippen LogP contribution in [0.25, 0.3) is 0 Å². The highest BCUT2D eigenvalue weighted by Gasteiger charge is 2.20. The van der Waals surface area contributed by atoms with E-state index >= 15 is 0 Å². The molecule has 116 valence electrons. The first-order valence-corrected chi connectivity index (χ1v) is 7.54. The van der Waals surface area contributed by atoms with Gasteiger partial charge in [-0.2, -0.15) is 0 Å². The van der Waals surface area contributed by atoms with Crippen LogP contribution in [0.1, 0.15) is 37.6 Å². The van der Waals surface area contributed by atoms with Crippen molar-refractivity contribution in [3.63, 3.8) is 0 Å². The van der Waals surface area contributed by atoms with E-state index < -0.39 is 0 Å². The Morgan fingerprint density at radius 3 is 2.43 bits per heavy atom. The third kappa shape index (κ3) is 5.21. The number of hydrogen-bond acceptors (Lipinski definition) is 3. The summed E-state index contributed by atoms with van der Waals surface area (Å²) in [4.78, 5) is 25.5. The highest BCUT2D eigenvalue weighted by molar-refractivity contribution is 6.42. The molecule has 0 N–H and O–H groups in total. The summed E-state index contributed by atoms with van der Waals surface area (Å²) in [5.74, 6) is -0.502. The number of carbonyl (C=O) groups is 2. The smallest absolute Gasteiger partial charge is 0.307 e. The Morgan fingerprint density at radius 1 is 1.24 bits per heavy atom. The molecule has 0 aliphatic rings. The van der Waals surface area contributed by atoms with Crippen molar-refractivity contribution in [3.05, 3.63) is 33.8 Å². The molecule has 4 nitrogen and oxygen atoms in total. The Morgan fingerprint density at radius 2 is 1.90 bits per heavy atom. The van der Waals surface area contributed by atoms with E-state index in [1.165, 1.54) is 6.07 Å². The molecular weight excluding hydrogens is 313 g/mol. The maximum absolute atomic E-state index is 12.5.